The van der Waals surface area contributed by atoms with Gasteiger partial charge in [0.15, 0.2) is 6.17 Å². The second-order valence-corrected chi connectivity index (χ2v) is 7.22. The highest BCUT2D eigenvalue weighted by Gasteiger charge is 2.31. The largest absolute Gasteiger partial charge is 0.368 e. The first kappa shape index (κ1) is 18.1. The van der Waals surface area contributed by atoms with Crippen molar-refractivity contribution in [2.24, 2.45) is 10.7 Å². The fourth-order valence-corrected chi connectivity index (χ4v) is 3.57. The molecule has 0 saturated carbocycles. The van der Waals surface area contributed by atoms with Crippen LogP contribution in [0.25, 0.3) is 11.3 Å². The molecule has 4 heterocycles. The zero-order chi connectivity index (χ0) is 20.5. The first-order chi connectivity index (χ1) is 14.7. The molecule has 0 saturated heterocycles. The topological polar surface area (TPSA) is 97.2 Å². The Bertz CT molecular complexity index is 1140. The lowest BCUT2D eigenvalue weighted by Crippen LogP contribution is -2.42. The van der Waals surface area contributed by atoms with E-state index in [1.807, 2.05) is 40.3 Å². The van der Waals surface area contributed by atoms with E-state index in [0.717, 1.165) is 41.2 Å². The van der Waals surface area contributed by atoms with E-state index in [1.54, 1.807) is 12.4 Å². The number of fused-ring (bicyclic) bond motifs is 1. The van der Waals surface area contributed by atoms with E-state index < -0.39 is 0 Å². The van der Waals surface area contributed by atoms with Gasteiger partial charge in [-0.25, -0.2) is 4.99 Å². The number of nitrogens with zero attached hydrogens (tertiary/aromatic N) is 6. The summed E-state index contributed by atoms with van der Waals surface area (Å²) < 4.78 is 1.94. The number of nitrogens with one attached hydrogen (secondary N) is 1. The number of guanidine groups is 1. The van der Waals surface area contributed by atoms with Gasteiger partial charge < -0.3 is 5.73 Å². The molecule has 0 amide bonds. The normalized spacial score (nSPS) is 17.7. The van der Waals surface area contributed by atoms with Crippen LogP contribution in [-0.4, -0.2) is 36.9 Å². The highest BCUT2D eigenvalue weighted by atomic mass is 15.6. The summed E-state index contributed by atoms with van der Waals surface area (Å²) in [5, 5.41) is 6.44. The van der Waals surface area contributed by atoms with Crippen LogP contribution in [0.1, 0.15) is 29.4 Å². The van der Waals surface area contributed by atoms with E-state index in [-0.39, 0.29) is 6.17 Å². The van der Waals surface area contributed by atoms with Crippen LogP contribution in [0.2, 0.25) is 0 Å². The van der Waals surface area contributed by atoms with Crippen molar-refractivity contribution in [1.82, 2.24) is 30.2 Å². The molecule has 3 N–H and O–H groups in total. The van der Waals surface area contributed by atoms with Gasteiger partial charge in [0.2, 0.25) is 5.96 Å². The Morgan fingerprint density at radius 3 is 2.73 bits per heavy atom. The van der Waals surface area contributed by atoms with Crippen molar-refractivity contribution in [1.29, 1.82) is 0 Å². The number of hydrogen-bond acceptors (Lipinski definition) is 7. The zero-order valence-electron chi connectivity index (χ0n) is 16.6. The zero-order valence-corrected chi connectivity index (χ0v) is 16.6. The predicted molar refractivity (Wildman–Crippen MR) is 116 cm³/mol. The van der Waals surface area contributed by atoms with Gasteiger partial charge in [0, 0.05) is 18.0 Å². The van der Waals surface area contributed by atoms with E-state index in [9.17, 15) is 0 Å². The minimum absolute atomic E-state index is 0.245. The van der Waals surface area contributed by atoms with Crippen LogP contribution in [0.15, 0.2) is 72.3 Å². The second kappa shape index (κ2) is 7.47. The average Bonchev–Trinajstić information content (AvgIpc) is 3.39. The number of aliphatic imine (C=N–C) groups is 1. The lowest BCUT2D eigenvalue weighted by atomic mass is 10.0. The van der Waals surface area contributed by atoms with E-state index in [4.69, 9.17) is 5.73 Å². The number of benzene rings is 1. The number of aromatic nitrogens is 4. The van der Waals surface area contributed by atoms with Crippen LogP contribution in [0, 0.1) is 0 Å². The van der Waals surface area contributed by atoms with Crippen molar-refractivity contribution < 1.29 is 0 Å². The summed E-state index contributed by atoms with van der Waals surface area (Å²) in [5.74, 6) is 0.376. The molecule has 0 fully saturated rings. The highest BCUT2D eigenvalue weighted by Crippen LogP contribution is 2.32. The van der Waals surface area contributed by atoms with E-state index in [1.165, 1.54) is 5.56 Å². The summed E-state index contributed by atoms with van der Waals surface area (Å²) >= 11 is 0. The molecule has 1 unspecified atom stereocenters. The molecule has 5 rings (SSSR count). The third-order valence-electron chi connectivity index (χ3n) is 5.14. The Morgan fingerprint density at radius 1 is 1.10 bits per heavy atom. The summed E-state index contributed by atoms with van der Waals surface area (Å²) in [7, 11) is 0. The van der Waals surface area contributed by atoms with Gasteiger partial charge in [-0.3, -0.25) is 25.1 Å². The lowest BCUT2D eigenvalue weighted by molar-refractivity contribution is 0.334. The minimum atomic E-state index is -0.245. The summed E-state index contributed by atoms with van der Waals surface area (Å²) in [6.07, 6.45) is 12.2. The Labute approximate surface area is 174 Å². The highest BCUT2D eigenvalue weighted by molar-refractivity contribution is 5.88. The maximum Gasteiger partial charge on any atom is 0.210 e. The smallest absolute Gasteiger partial charge is 0.210 e. The molecule has 1 aromatic carbocycles. The number of hydrogen-bond donors (Lipinski definition) is 2. The molecule has 0 radical (unpaired) electrons. The van der Waals surface area contributed by atoms with Gasteiger partial charge in [-0.1, -0.05) is 37.3 Å². The predicted octanol–water partition coefficient (Wildman–Crippen LogP) is 2.18. The molecule has 1 atom stereocenters. The molecule has 0 spiro atoms. The number of nitrogens with two attached hydrogens (primary N) is 1. The molecule has 8 nitrogen and oxygen atoms in total. The van der Waals surface area contributed by atoms with Gasteiger partial charge >= 0.3 is 0 Å². The standard InChI is InChI=1S/C22H22N8/c1-2-18-11-25-19(12-24-18)20-8-16(9-21-27-22(23)28-30(20)21)17-10-26-29(14-17)13-15-6-4-3-5-7-15/h3-12,14,21H,2,13H2,1H3,(H3,23,27,28). The summed E-state index contributed by atoms with van der Waals surface area (Å²) in [4.78, 5) is 13.6. The molecular weight excluding hydrogens is 376 g/mol. The Hall–Kier alpha value is -3.94. The van der Waals surface area contributed by atoms with Crippen LogP contribution < -0.4 is 11.2 Å². The monoisotopic (exact) mass is 398 g/mol. The van der Waals surface area contributed by atoms with E-state index in [2.05, 4.69) is 56.7 Å². The van der Waals surface area contributed by atoms with Crippen molar-refractivity contribution in [2.45, 2.75) is 26.1 Å². The molecule has 3 aromatic rings. The van der Waals surface area contributed by atoms with Gasteiger partial charge in [0.05, 0.1) is 30.3 Å². The van der Waals surface area contributed by atoms with Gasteiger partial charge in [0.1, 0.15) is 5.69 Å². The van der Waals surface area contributed by atoms with Crippen LogP contribution in [0.5, 0.6) is 0 Å². The fraction of sp³-hybridized carbons (Fsp3) is 0.182. The fourth-order valence-electron chi connectivity index (χ4n) is 3.57. The molecule has 150 valence electrons. The first-order valence-corrected chi connectivity index (χ1v) is 9.90. The average molecular weight is 398 g/mol. The number of aryl methyl sites for hydroxylation is 1. The number of allylic oxidation sites excluding steroid dienone is 2. The SMILES string of the molecule is CCc1cnc(C2=CC(c3cnn(Cc4ccccc4)c3)=CC3N=C(N)NN23)cn1. The third-order valence-corrected chi connectivity index (χ3v) is 5.14. The van der Waals surface area contributed by atoms with E-state index >= 15 is 0 Å². The van der Waals surface area contributed by atoms with Gasteiger partial charge in [-0.05, 0) is 29.7 Å². The van der Waals surface area contributed by atoms with Crippen LogP contribution in [-0.2, 0) is 13.0 Å². The van der Waals surface area contributed by atoms with Crippen molar-refractivity contribution in [3.05, 3.63) is 89.8 Å². The van der Waals surface area contributed by atoms with Crippen molar-refractivity contribution in [2.75, 3.05) is 0 Å². The van der Waals surface area contributed by atoms with E-state index in [0.29, 0.717) is 5.96 Å². The molecule has 2 aliphatic rings. The Morgan fingerprint density at radius 2 is 1.97 bits per heavy atom. The maximum atomic E-state index is 5.94. The van der Waals surface area contributed by atoms with Crippen LogP contribution in [0.4, 0.5) is 0 Å². The van der Waals surface area contributed by atoms with Crippen LogP contribution >= 0.6 is 0 Å². The van der Waals surface area contributed by atoms with Crippen molar-refractivity contribution >= 4 is 17.2 Å². The minimum Gasteiger partial charge on any atom is -0.368 e. The van der Waals surface area contributed by atoms with Crippen molar-refractivity contribution in [3.8, 4) is 0 Å². The molecule has 8 heteroatoms. The van der Waals surface area contributed by atoms with Gasteiger partial charge in [-0.2, -0.15) is 5.10 Å². The third kappa shape index (κ3) is 3.43. The molecule has 30 heavy (non-hydrogen) atoms. The summed E-state index contributed by atoms with van der Waals surface area (Å²) in [6.45, 7) is 2.78. The van der Waals surface area contributed by atoms with Crippen LogP contribution in [0.3, 0.4) is 0 Å². The Kier molecular flexibility index (Phi) is 4.51. The molecule has 0 aliphatic carbocycles. The van der Waals surface area contributed by atoms with Gasteiger partial charge in [0.25, 0.3) is 0 Å². The van der Waals surface area contributed by atoms with Gasteiger partial charge in [-0.15, -0.1) is 0 Å². The summed E-state index contributed by atoms with van der Waals surface area (Å²) in [5.41, 5.74) is 14.9. The maximum absolute atomic E-state index is 5.94. The second-order valence-electron chi connectivity index (χ2n) is 7.22. The number of rotatable bonds is 5. The lowest BCUT2D eigenvalue weighted by Gasteiger charge is -2.29. The molecule has 0 bridgehead atoms. The van der Waals surface area contributed by atoms with Crippen molar-refractivity contribution in [3.63, 3.8) is 0 Å². The molecule has 2 aromatic heterocycles. The molecule has 2 aliphatic heterocycles. The Balaban J connectivity index is 1.48. The summed E-state index contributed by atoms with van der Waals surface area (Å²) in [6, 6.07) is 10.3. The first-order valence-electron chi connectivity index (χ1n) is 9.90. The molecular formula is C22H22N8. The number of hydrazine groups is 1. The quantitative estimate of drug-likeness (QED) is 0.684.